The maximum absolute atomic E-state index is 12.7. The van der Waals surface area contributed by atoms with Crippen molar-refractivity contribution in [2.45, 2.75) is 37.8 Å². The van der Waals surface area contributed by atoms with Crippen LogP contribution in [0.2, 0.25) is 0 Å². The number of aliphatic hydroxyl groups is 1. The van der Waals surface area contributed by atoms with Gasteiger partial charge in [0.2, 0.25) is 0 Å². The fourth-order valence-corrected chi connectivity index (χ4v) is 3.74. The summed E-state index contributed by atoms with van der Waals surface area (Å²) in [7, 11) is 0. The number of hydrogen-bond acceptors (Lipinski definition) is 2. The van der Waals surface area contributed by atoms with Crippen LogP contribution in [0, 0.1) is 0 Å². The molecular formula is C21H26N2O2. The van der Waals surface area contributed by atoms with E-state index in [4.69, 9.17) is 0 Å². The lowest BCUT2D eigenvalue weighted by atomic mass is 9.86. The molecule has 3 rings (SSSR count). The molecule has 25 heavy (non-hydrogen) atoms. The molecule has 0 aliphatic carbocycles. The van der Waals surface area contributed by atoms with Crippen LogP contribution in [0.3, 0.4) is 0 Å². The minimum atomic E-state index is -0.0825. The predicted molar refractivity (Wildman–Crippen MR) is 99.5 cm³/mol. The van der Waals surface area contributed by atoms with Crippen molar-refractivity contribution in [2.75, 3.05) is 13.2 Å². The van der Waals surface area contributed by atoms with Crippen molar-refractivity contribution >= 4 is 6.03 Å². The van der Waals surface area contributed by atoms with Crippen LogP contribution in [0.4, 0.5) is 4.79 Å². The van der Waals surface area contributed by atoms with Gasteiger partial charge in [0, 0.05) is 18.5 Å². The molecule has 2 amide bonds. The van der Waals surface area contributed by atoms with Crippen molar-refractivity contribution in [3.8, 4) is 0 Å². The lowest BCUT2D eigenvalue weighted by Crippen LogP contribution is -2.48. The Labute approximate surface area is 149 Å². The number of rotatable bonds is 5. The van der Waals surface area contributed by atoms with E-state index in [0.29, 0.717) is 6.54 Å². The van der Waals surface area contributed by atoms with Crippen molar-refractivity contribution in [3.63, 3.8) is 0 Å². The molecule has 2 unspecified atom stereocenters. The zero-order chi connectivity index (χ0) is 17.6. The molecule has 2 N–H and O–H groups in total. The fourth-order valence-electron chi connectivity index (χ4n) is 3.74. The Bertz CT molecular complexity index is 635. The van der Waals surface area contributed by atoms with E-state index in [1.54, 1.807) is 4.90 Å². The second kappa shape index (κ2) is 8.17. The third-order valence-corrected chi connectivity index (χ3v) is 5.02. The summed E-state index contributed by atoms with van der Waals surface area (Å²) in [4.78, 5) is 14.5. The van der Waals surface area contributed by atoms with Gasteiger partial charge in [0.05, 0.1) is 12.6 Å². The van der Waals surface area contributed by atoms with Crippen LogP contribution in [0.25, 0.3) is 0 Å². The Balaban J connectivity index is 1.80. The van der Waals surface area contributed by atoms with E-state index in [-0.39, 0.29) is 30.6 Å². The Morgan fingerprint density at radius 1 is 1.12 bits per heavy atom. The number of nitrogens with zero attached hydrogens (tertiary/aromatic N) is 1. The summed E-state index contributed by atoms with van der Waals surface area (Å²) in [5, 5.41) is 12.6. The molecule has 0 aromatic heterocycles. The standard InChI is InChI=1S/C21H26N2O2/c1-16(22-21(25)23-14-8-13-19(23)15-24)20(17-9-4-2-5-10-17)18-11-6-3-7-12-18/h2-7,9-12,16,19-20,24H,8,13-15H2,1H3,(H,22,25). The molecule has 2 aromatic rings. The molecule has 4 nitrogen and oxygen atoms in total. The monoisotopic (exact) mass is 338 g/mol. The number of likely N-dealkylation sites (tertiary alicyclic amines) is 1. The normalized spacial score (nSPS) is 18.4. The van der Waals surface area contributed by atoms with Gasteiger partial charge in [-0.05, 0) is 30.9 Å². The second-order valence-corrected chi connectivity index (χ2v) is 6.71. The fraction of sp³-hybridized carbons (Fsp3) is 0.381. The molecule has 1 aliphatic rings. The number of aliphatic hydroxyl groups excluding tert-OH is 1. The van der Waals surface area contributed by atoms with Crippen molar-refractivity contribution in [1.82, 2.24) is 10.2 Å². The number of nitrogens with one attached hydrogen (secondary N) is 1. The van der Waals surface area contributed by atoms with E-state index in [1.807, 2.05) is 43.3 Å². The molecule has 1 saturated heterocycles. The Kier molecular flexibility index (Phi) is 5.71. The molecule has 132 valence electrons. The van der Waals surface area contributed by atoms with Gasteiger partial charge in [-0.15, -0.1) is 0 Å². The first kappa shape index (κ1) is 17.5. The molecule has 2 aromatic carbocycles. The van der Waals surface area contributed by atoms with Gasteiger partial charge in [-0.1, -0.05) is 60.7 Å². The van der Waals surface area contributed by atoms with Crippen LogP contribution in [-0.2, 0) is 0 Å². The Morgan fingerprint density at radius 2 is 1.68 bits per heavy atom. The molecule has 0 saturated carbocycles. The minimum Gasteiger partial charge on any atom is -0.394 e. The van der Waals surface area contributed by atoms with Crippen molar-refractivity contribution < 1.29 is 9.90 Å². The highest BCUT2D eigenvalue weighted by molar-refractivity contribution is 5.75. The highest BCUT2D eigenvalue weighted by Gasteiger charge is 2.30. The molecule has 0 bridgehead atoms. The minimum absolute atomic E-state index is 0.0304. The lowest BCUT2D eigenvalue weighted by Gasteiger charge is -2.30. The van der Waals surface area contributed by atoms with Crippen LogP contribution in [0.15, 0.2) is 60.7 Å². The van der Waals surface area contributed by atoms with Crippen molar-refractivity contribution in [2.24, 2.45) is 0 Å². The topological polar surface area (TPSA) is 52.6 Å². The average molecular weight is 338 g/mol. The summed E-state index contributed by atoms with van der Waals surface area (Å²) in [6.45, 7) is 2.79. The first-order chi connectivity index (χ1) is 12.2. The molecular weight excluding hydrogens is 312 g/mol. The number of hydrogen-bond donors (Lipinski definition) is 2. The summed E-state index contributed by atoms with van der Waals surface area (Å²) in [5.74, 6) is 0.0847. The van der Waals surface area contributed by atoms with Gasteiger partial charge in [-0.25, -0.2) is 4.79 Å². The van der Waals surface area contributed by atoms with Crippen LogP contribution in [-0.4, -0.2) is 41.3 Å². The summed E-state index contributed by atoms with van der Waals surface area (Å²) < 4.78 is 0. The first-order valence-corrected chi connectivity index (χ1v) is 8.98. The third kappa shape index (κ3) is 4.02. The third-order valence-electron chi connectivity index (χ3n) is 5.02. The number of urea groups is 1. The van der Waals surface area contributed by atoms with E-state index >= 15 is 0 Å². The van der Waals surface area contributed by atoms with E-state index in [2.05, 4.69) is 29.6 Å². The van der Waals surface area contributed by atoms with Crippen LogP contribution < -0.4 is 5.32 Å². The number of carbonyl (C=O) groups excluding carboxylic acids is 1. The molecule has 0 spiro atoms. The zero-order valence-electron chi connectivity index (χ0n) is 14.6. The van der Waals surface area contributed by atoms with Gasteiger partial charge >= 0.3 is 6.03 Å². The second-order valence-electron chi connectivity index (χ2n) is 6.71. The predicted octanol–water partition coefficient (Wildman–Crippen LogP) is 3.37. The number of benzene rings is 2. The number of carbonyl (C=O) groups is 1. The van der Waals surface area contributed by atoms with E-state index in [0.717, 1.165) is 12.8 Å². The molecule has 0 radical (unpaired) electrons. The van der Waals surface area contributed by atoms with Crippen molar-refractivity contribution in [1.29, 1.82) is 0 Å². The summed E-state index contributed by atoms with van der Waals surface area (Å²) in [6.07, 6.45) is 1.83. The maximum Gasteiger partial charge on any atom is 0.317 e. The van der Waals surface area contributed by atoms with Crippen LogP contribution in [0.1, 0.15) is 36.8 Å². The average Bonchev–Trinajstić information content (AvgIpc) is 3.12. The quantitative estimate of drug-likeness (QED) is 0.878. The highest BCUT2D eigenvalue weighted by atomic mass is 16.3. The maximum atomic E-state index is 12.7. The van der Waals surface area contributed by atoms with Gasteiger partial charge in [-0.3, -0.25) is 0 Å². The largest absolute Gasteiger partial charge is 0.394 e. The van der Waals surface area contributed by atoms with E-state index in [9.17, 15) is 9.90 Å². The highest BCUT2D eigenvalue weighted by Crippen LogP contribution is 2.28. The molecule has 2 atom stereocenters. The summed E-state index contributed by atoms with van der Waals surface area (Å²) >= 11 is 0. The molecule has 1 fully saturated rings. The molecule has 4 heteroatoms. The Hall–Kier alpha value is -2.33. The SMILES string of the molecule is CC(NC(=O)N1CCCC1CO)C(c1ccccc1)c1ccccc1. The lowest BCUT2D eigenvalue weighted by molar-refractivity contribution is 0.154. The van der Waals surface area contributed by atoms with Gasteiger partial charge in [0.25, 0.3) is 0 Å². The van der Waals surface area contributed by atoms with Crippen LogP contribution >= 0.6 is 0 Å². The van der Waals surface area contributed by atoms with Gasteiger partial charge < -0.3 is 15.3 Å². The van der Waals surface area contributed by atoms with Gasteiger partial charge in [-0.2, -0.15) is 0 Å². The summed E-state index contributed by atoms with van der Waals surface area (Å²) in [6, 6.07) is 20.3. The smallest absolute Gasteiger partial charge is 0.317 e. The van der Waals surface area contributed by atoms with E-state index < -0.39 is 0 Å². The summed E-state index contributed by atoms with van der Waals surface area (Å²) in [5.41, 5.74) is 2.36. The van der Waals surface area contributed by atoms with E-state index in [1.165, 1.54) is 11.1 Å². The first-order valence-electron chi connectivity index (χ1n) is 8.98. The van der Waals surface area contributed by atoms with Gasteiger partial charge in [0.15, 0.2) is 0 Å². The number of amides is 2. The van der Waals surface area contributed by atoms with Gasteiger partial charge in [0.1, 0.15) is 0 Å². The van der Waals surface area contributed by atoms with Crippen LogP contribution in [0.5, 0.6) is 0 Å². The zero-order valence-corrected chi connectivity index (χ0v) is 14.6. The Morgan fingerprint density at radius 3 is 2.20 bits per heavy atom. The van der Waals surface area contributed by atoms with Crippen molar-refractivity contribution in [3.05, 3.63) is 71.8 Å². The molecule has 1 aliphatic heterocycles. The molecule has 1 heterocycles.